The molecule has 0 radical (unpaired) electrons. The predicted molar refractivity (Wildman–Crippen MR) is 93.2 cm³/mol. The van der Waals surface area contributed by atoms with Gasteiger partial charge in [0.05, 0.1) is 11.4 Å². The monoisotopic (exact) mass is 356 g/mol. The largest absolute Gasteiger partial charge is 0.352 e. The quantitative estimate of drug-likeness (QED) is 0.751. The molecule has 136 valence electrons. The van der Waals surface area contributed by atoms with E-state index in [1.54, 1.807) is 0 Å². The van der Waals surface area contributed by atoms with Gasteiger partial charge in [-0.1, -0.05) is 13.8 Å². The van der Waals surface area contributed by atoms with E-state index in [-0.39, 0.29) is 24.1 Å². The number of sulfone groups is 1. The highest BCUT2D eigenvalue weighted by molar-refractivity contribution is 7.90. The van der Waals surface area contributed by atoms with Crippen LogP contribution in [0.25, 0.3) is 0 Å². The Morgan fingerprint density at radius 3 is 2.71 bits per heavy atom. The number of nitrogens with one attached hydrogen (secondary N) is 2. The summed E-state index contributed by atoms with van der Waals surface area (Å²) in [7, 11) is -3.11. The fourth-order valence-electron chi connectivity index (χ4n) is 3.21. The molecule has 1 aliphatic rings. The van der Waals surface area contributed by atoms with Crippen molar-refractivity contribution in [3.8, 4) is 0 Å². The minimum absolute atomic E-state index is 0.0265. The molecule has 1 aliphatic heterocycles. The molecular formula is C16H28N4O3S. The summed E-state index contributed by atoms with van der Waals surface area (Å²) in [6.45, 7) is 8.70. The van der Waals surface area contributed by atoms with E-state index in [4.69, 9.17) is 0 Å². The van der Waals surface area contributed by atoms with Crippen molar-refractivity contribution in [3.63, 3.8) is 0 Å². The van der Waals surface area contributed by atoms with Crippen molar-refractivity contribution >= 4 is 15.7 Å². The lowest BCUT2D eigenvalue weighted by atomic mass is 9.91. The van der Waals surface area contributed by atoms with Crippen molar-refractivity contribution < 1.29 is 13.2 Å². The number of amides is 1. The number of likely N-dealkylation sites (tertiary alicyclic amines) is 1. The molecule has 1 aromatic heterocycles. The van der Waals surface area contributed by atoms with Gasteiger partial charge in [0.25, 0.3) is 0 Å². The van der Waals surface area contributed by atoms with Crippen molar-refractivity contribution in [3.05, 3.63) is 17.5 Å². The number of nitrogens with zero attached hydrogens (tertiary/aromatic N) is 2. The molecule has 2 rings (SSSR count). The minimum Gasteiger partial charge on any atom is -0.352 e. The van der Waals surface area contributed by atoms with Crippen LogP contribution in [0.2, 0.25) is 0 Å². The summed E-state index contributed by atoms with van der Waals surface area (Å²) in [4.78, 5) is 14.4. The first-order valence-electron chi connectivity index (χ1n) is 8.34. The maximum Gasteiger partial charge on any atom is 0.221 e. The fraction of sp³-hybridized carbons (Fsp3) is 0.750. The summed E-state index contributed by atoms with van der Waals surface area (Å²) in [5.41, 5.74) is 2.04. The number of carbonyl (C=O) groups excluding carboxylic acids is 1. The van der Waals surface area contributed by atoms with E-state index in [0.29, 0.717) is 11.8 Å². The van der Waals surface area contributed by atoms with Crippen LogP contribution >= 0.6 is 0 Å². The van der Waals surface area contributed by atoms with Gasteiger partial charge in [-0.05, 0) is 24.8 Å². The molecule has 1 fully saturated rings. The van der Waals surface area contributed by atoms with Crippen LogP contribution in [-0.4, -0.2) is 60.6 Å². The Morgan fingerprint density at radius 2 is 2.17 bits per heavy atom. The average molecular weight is 356 g/mol. The van der Waals surface area contributed by atoms with E-state index in [9.17, 15) is 13.2 Å². The predicted octanol–water partition coefficient (Wildman–Crippen LogP) is 0.725. The van der Waals surface area contributed by atoms with Crippen LogP contribution < -0.4 is 5.32 Å². The minimum atomic E-state index is -3.11. The lowest BCUT2D eigenvalue weighted by Gasteiger charge is -2.22. The first-order valence-corrected chi connectivity index (χ1v) is 10.4. The zero-order valence-electron chi connectivity index (χ0n) is 14.9. The van der Waals surface area contributed by atoms with Crippen molar-refractivity contribution in [2.45, 2.75) is 39.8 Å². The zero-order valence-corrected chi connectivity index (χ0v) is 15.7. The van der Waals surface area contributed by atoms with Crippen LogP contribution in [-0.2, 0) is 21.2 Å². The van der Waals surface area contributed by atoms with Crippen LogP contribution in [0.1, 0.15) is 31.7 Å². The molecule has 0 spiro atoms. The number of hydrogen-bond acceptors (Lipinski definition) is 5. The number of hydrogen-bond donors (Lipinski definition) is 2. The number of carbonyl (C=O) groups is 1. The van der Waals surface area contributed by atoms with Crippen molar-refractivity contribution in [2.75, 3.05) is 25.1 Å². The Morgan fingerprint density at radius 1 is 1.46 bits per heavy atom. The molecule has 0 bridgehead atoms. The lowest BCUT2D eigenvalue weighted by molar-refractivity contribution is -0.121. The Balaban J connectivity index is 1.93. The molecule has 8 heteroatoms. The van der Waals surface area contributed by atoms with Gasteiger partial charge >= 0.3 is 0 Å². The van der Waals surface area contributed by atoms with Gasteiger partial charge in [0, 0.05) is 44.0 Å². The third-order valence-electron chi connectivity index (χ3n) is 4.49. The molecule has 0 saturated carbocycles. The summed E-state index contributed by atoms with van der Waals surface area (Å²) in [6, 6.07) is 2.08. The average Bonchev–Trinajstić information content (AvgIpc) is 3.03. The topological polar surface area (TPSA) is 95.2 Å². The van der Waals surface area contributed by atoms with Gasteiger partial charge in [0.15, 0.2) is 0 Å². The van der Waals surface area contributed by atoms with Crippen LogP contribution in [0.15, 0.2) is 6.07 Å². The maximum atomic E-state index is 12.1. The second-order valence-corrected chi connectivity index (χ2v) is 9.46. The molecule has 7 nitrogen and oxygen atoms in total. The van der Waals surface area contributed by atoms with Gasteiger partial charge in [0.1, 0.15) is 9.84 Å². The Kier molecular flexibility index (Phi) is 6.03. The molecule has 1 amide bonds. The Labute approximate surface area is 144 Å². The van der Waals surface area contributed by atoms with E-state index >= 15 is 0 Å². The Hall–Kier alpha value is -1.41. The standard InChI is InChI=1S/C16H28N4O3S/c1-11(2)14-9-20(8-13-7-12(3)18-19-13)10-15(14)17-16(21)5-6-24(4,22)23/h7,11,14-15H,5-6,8-10H2,1-4H3,(H,17,21)(H,18,19)/t14-,15+/m1/s1. The molecular weight excluding hydrogens is 328 g/mol. The second-order valence-electron chi connectivity index (χ2n) is 7.20. The Bertz CT molecular complexity index is 669. The summed E-state index contributed by atoms with van der Waals surface area (Å²) in [6.07, 6.45) is 1.18. The molecule has 0 aromatic carbocycles. The van der Waals surface area contributed by atoms with Crippen LogP contribution in [0, 0.1) is 18.8 Å². The highest BCUT2D eigenvalue weighted by Gasteiger charge is 2.35. The van der Waals surface area contributed by atoms with E-state index in [2.05, 4.69) is 34.3 Å². The summed E-state index contributed by atoms with van der Waals surface area (Å²) < 4.78 is 22.4. The zero-order chi connectivity index (χ0) is 17.9. The van der Waals surface area contributed by atoms with Crippen molar-refractivity contribution in [1.29, 1.82) is 0 Å². The van der Waals surface area contributed by atoms with Crippen LogP contribution in [0.5, 0.6) is 0 Å². The van der Waals surface area contributed by atoms with E-state index in [1.807, 2.05) is 13.0 Å². The summed E-state index contributed by atoms with van der Waals surface area (Å²) in [5.74, 6) is 0.505. The highest BCUT2D eigenvalue weighted by atomic mass is 32.2. The molecule has 0 aliphatic carbocycles. The van der Waals surface area contributed by atoms with Crippen molar-refractivity contribution in [1.82, 2.24) is 20.4 Å². The summed E-state index contributed by atoms with van der Waals surface area (Å²) >= 11 is 0. The maximum absolute atomic E-state index is 12.1. The molecule has 1 aromatic rings. The second kappa shape index (κ2) is 7.65. The van der Waals surface area contributed by atoms with Gasteiger partial charge < -0.3 is 5.32 Å². The van der Waals surface area contributed by atoms with Gasteiger partial charge in [-0.3, -0.25) is 14.8 Å². The van der Waals surface area contributed by atoms with Crippen LogP contribution in [0.3, 0.4) is 0 Å². The lowest BCUT2D eigenvalue weighted by Crippen LogP contribution is -2.42. The molecule has 0 unspecified atom stereocenters. The normalized spacial score (nSPS) is 22.2. The van der Waals surface area contributed by atoms with E-state index in [0.717, 1.165) is 37.3 Å². The van der Waals surface area contributed by atoms with Gasteiger partial charge in [-0.2, -0.15) is 5.10 Å². The first kappa shape index (κ1) is 18.9. The van der Waals surface area contributed by atoms with Crippen LogP contribution in [0.4, 0.5) is 0 Å². The molecule has 2 N–H and O–H groups in total. The number of H-pyrrole nitrogens is 1. The summed E-state index contributed by atoms with van der Waals surface area (Å²) in [5, 5.41) is 10.2. The number of aromatic amines is 1. The molecule has 2 atom stereocenters. The number of aryl methyl sites for hydroxylation is 1. The number of rotatable bonds is 7. The molecule has 24 heavy (non-hydrogen) atoms. The third-order valence-corrected chi connectivity index (χ3v) is 5.43. The fourth-order valence-corrected chi connectivity index (χ4v) is 3.77. The molecule has 2 heterocycles. The highest BCUT2D eigenvalue weighted by Crippen LogP contribution is 2.25. The first-order chi connectivity index (χ1) is 11.1. The van der Waals surface area contributed by atoms with Gasteiger partial charge in [-0.25, -0.2) is 8.42 Å². The third kappa shape index (κ3) is 5.59. The van der Waals surface area contributed by atoms with Gasteiger partial charge in [0.2, 0.25) is 5.91 Å². The SMILES string of the molecule is Cc1cc(CN2C[C@H](NC(=O)CCS(C)(=O)=O)[C@@H](C(C)C)C2)n[nH]1. The smallest absolute Gasteiger partial charge is 0.221 e. The number of aromatic nitrogens is 2. The van der Waals surface area contributed by atoms with Crippen molar-refractivity contribution in [2.24, 2.45) is 11.8 Å². The van der Waals surface area contributed by atoms with E-state index < -0.39 is 9.84 Å². The van der Waals surface area contributed by atoms with E-state index in [1.165, 1.54) is 0 Å². The molecule has 1 saturated heterocycles. The van der Waals surface area contributed by atoms with Gasteiger partial charge in [-0.15, -0.1) is 0 Å².